The van der Waals surface area contributed by atoms with Gasteiger partial charge in [0, 0.05) is 35.4 Å². The Kier molecular flexibility index (Phi) is 4.83. The average molecular weight is 355 g/mol. The molecule has 0 fully saturated rings. The number of hydrogen-bond acceptors (Lipinski definition) is 6. The number of esters is 1. The standard InChI is InChI=1S/C18H21N5O3/c1-5-8-22-12(3)9-14(13(22)4)15(24)10-26-17(25)16-20-18-19-7-6-11(2)23(18)21-16/h6-7,9H,5,8,10H2,1-4H3. The van der Waals surface area contributed by atoms with Crippen molar-refractivity contribution in [1.82, 2.24) is 24.1 Å². The van der Waals surface area contributed by atoms with Gasteiger partial charge in [-0.15, -0.1) is 5.10 Å². The fourth-order valence-corrected chi connectivity index (χ4v) is 2.92. The normalized spacial score (nSPS) is 11.1. The summed E-state index contributed by atoms with van der Waals surface area (Å²) in [6.45, 7) is 8.27. The van der Waals surface area contributed by atoms with Gasteiger partial charge in [-0.1, -0.05) is 6.92 Å². The summed E-state index contributed by atoms with van der Waals surface area (Å²) < 4.78 is 8.66. The first kappa shape index (κ1) is 17.8. The van der Waals surface area contributed by atoms with Crippen LogP contribution in [0.2, 0.25) is 0 Å². The summed E-state index contributed by atoms with van der Waals surface area (Å²) in [6, 6.07) is 3.59. The van der Waals surface area contributed by atoms with Gasteiger partial charge in [0.2, 0.25) is 5.78 Å². The van der Waals surface area contributed by atoms with Gasteiger partial charge >= 0.3 is 5.97 Å². The Bertz CT molecular complexity index is 986. The van der Waals surface area contributed by atoms with E-state index in [1.165, 1.54) is 4.52 Å². The van der Waals surface area contributed by atoms with Gasteiger partial charge < -0.3 is 9.30 Å². The van der Waals surface area contributed by atoms with E-state index in [0.29, 0.717) is 11.3 Å². The molecule has 0 N–H and O–H groups in total. The maximum Gasteiger partial charge on any atom is 0.378 e. The lowest BCUT2D eigenvalue weighted by Gasteiger charge is -2.07. The van der Waals surface area contributed by atoms with Crippen LogP contribution in [0.1, 0.15) is 51.4 Å². The van der Waals surface area contributed by atoms with Gasteiger partial charge in [-0.3, -0.25) is 4.79 Å². The molecule has 8 nitrogen and oxygen atoms in total. The Balaban J connectivity index is 1.72. The van der Waals surface area contributed by atoms with Crippen molar-refractivity contribution in [2.75, 3.05) is 6.61 Å². The van der Waals surface area contributed by atoms with E-state index in [0.717, 1.165) is 30.0 Å². The number of Topliss-reactive ketones (excluding diaryl/α,β-unsaturated/α-hetero) is 1. The molecule has 8 heteroatoms. The number of ether oxygens (including phenoxy) is 1. The molecule has 0 spiro atoms. The third kappa shape index (κ3) is 3.22. The molecule has 0 amide bonds. The van der Waals surface area contributed by atoms with Crippen molar-refractivity contribution in [3.8, 4) is 0 Å². The third-order valence-corrected chi connectivity index (χ3v) is 4.27. The number of carbonyl (C=O) groups excluding carboxylic acids is 2. The summed E-state index contributed by atoms with van der Waals surface area (Å²) >= 11 is 0. The van der Waals surface area contributed by atoms with E-state index in [1.54, 1.807) is 12.3 Å². The predicted octanol–water partition coefficient (Wildman–Crippen LogP) is 2.30. The summed E-state index contributed by atoms with van der Waals surface area (Å²) in [6.07, 6.45) is 2.57. The lowest BCUT2D eigenvalue weighted by molar-refractivity contribution is 0.0462. The summed E-state index contributed by atoms with van der Waals surface area (Å²) in [5.74, 6) is -0.792. The third-order valence-electron chi connectivity index (χ3n) is 4.27. The van der Waals surface area contributed by atoms with Crippen LogP contribution in [0.3, 0.4) is 0 Å². The number of carbonyl (C=O) groups is 2. The molecular weight excluding hydrogens is 334 g/mol. The van der Waals surface area contributed by atoms with Crippen molar-refractivity contribution in [3.63, 3.8) is 0 Å². The molecule has 0 bridgehead atoms. The minimum atomic E-state index is -0.745. The Morgan fingerprint density at radius 3 is 2.65 bits per heavy atom. The molecule has 3 aromatic heterocycles. The Morgan fingerprint density at radius 1 is 1.19 bits per heavy atom. The Labute approximate surface area is 150 Å². The second kappa shape index (κ2) is 7.07. The zero-order valence-corrected chi connectivity index (χ0v) is 15.3. The van der Waals surface area contributed by atoms with E-state index in [4.69, 9.17) is 4.74 Å². The number of fused-ring (bicyclic) bond motifs is 1. The predicted molar refractivity (Wildman–Crippen MR) is 94.3 cm³/mol. The van der Waals surface area contributed by atoms with Crippen LogP contribution in [0.4, 0.5) is 0 Å². The first-order valence-electron chi connectivity index (χ1n) is 8.47. The molecule has 0 aliphatic heterocycles. The van der Waals surface area contributed by atoms with Crippen LogP contribution in [-0.2, 0) is 11.3 Å². The molecular formula is C18H21N5O3. The Morgan fingerprint density at radius 2 is 1.96 bits per heavy atom. The first-order valence-corrected chi connectivity index (χ1v) is 8.47. The van der Waals surface area contributed by atoms with Gasteiger partial charge in [0.05, 0.1) is 0 Å². The molecule has 26 heavy (non-hydrogen) atoms. The smallest absolute Gasteiger partial charge is 0.378 e. The van der Waals surface area contributed by atoms with Crippen LogP contribution >= 0.6 is 0 Å². The van der Waals surface area contributed by atoms with Gasteiger partial charge in [0.25, 0.3) is 11.6 Å². The van der Waals surface area contributed by atoms with Crippen LogP contribution < -0.4 is 0 Å². The van der Waals surface area contributed by atoms with Crippen LogP contribution in [0, 0.1) is 20.8 Å². The van der Waals surface area contributed by atoms with E-state index in [2.05, 4.69) is 26.6 Å². The van der Waals surface area contributed by atoms with E-state index >= 15 is 0 Å². The highest BCUT2D eigenvalue weighted by Gasteiger charge is 2.20. The van der Waals surface area contributed by atoms with E-state index in [-0.39, 0.29) is 18.2 Å². The zero-order valence-electron chi connectivity index (χ0n) is 15.3. The largest absolute Gasteiger partial charge is 0.451 e. The fourth-order valence-electron chi connectivity index (χ4n) is 2.92. The van der Waals surface area contributed by atoms with Gasteiger partial charge in [-0.25, -0.2) is 14.3 Å². The summed E-state index contributed by atoms with van der Waals surface area (Å²) in [5, 5.41) is 4.08. The summed E-state index contributed by atoms with van der Waals surface area (Å²) in [5.41, 5.74) is 3.27. The maximum atomic E-state index is 12.4. The number of rotatable bonds is 6. The summed E-state index contributed by atoms with van der Waals surface area (Å²) in [7, 11) is 0. The van der Waals surface area contributed by atoms with Crippen molar-refractivity contribution in [2.45, 2.75) is 40.7 Å². The van der Waals surface area contributed by atoms with Crippen LogP contribution in [0.5, 0.6) is 0 Å². The van der Waals surface area contributed by atoms with Crippen LogP contribution in [0.15, 0.2) is 18.3 Å². The van der Waals surface area contributed by atoms with Crippen LogP contribution in [-0.4, -0.2) is 42.5 Å². The van der Waals surface area contributed by atoms with Gasteiger partial charge in [0.1, 0.15) is 0 Å². The topological polar surface area (TPSA) is 91.4 Å². The molecule has 0 aliphatic rings. The van der Waals surface area contributed by atoms with Crippen molar-refractivity contribution in [1.29, 1.82) is 0 Å². The lowest BCUT2D eigenvalue weighted by atomic mass is 10.1. The molecule has 0 saturated carbocycles. The molecule has 0 aliphatic carbocycles. The SMILES string of the molecule is CCCn1c(C)cc(C(=O)COC(=O)c2nc3nccc(C)n3n2)c1C. The second-order valence-electron chi connectivity index (χ2n) is 6.17. The fraction of sp³-hybridized carbons (Fsp3) is 0.389. The molecule has 0 atom stereocenters. The first-order chi connectivity index (χ1) is 12.4. The minimum Gasteiger partial charge on any atom is -0.451 e. The number of ketones is 1. The number of aryl methyl sites for hydroxylation is 2. The maximum absolute atomic E-state index is 12.4. The molecule has 3 heterocycles. The molecule has 3 aromatic rings. The molecule has 3 rings (SSSR count). The lowest BCUT2D eigenvalue weighted by Crippen LogP contribution is -2.16. The monoisotopic (exact) mass is 355 g/mol. The van der Waals surface area contributed by atoms with Crippen LogP contribution in [0.25, 0.3) is 5.78 Å². The molecule has 0 radical (unpaired) electrons. The van der Waals surface area contributed by atoms with Gasteiger partial charge in [-0.2, -0.15) is 4.98 Å². The number of aromatic nitrogens is 5. The minimum absolute atomic E-state index is 0.115. The van der Waals surface area contributed by atoms with E-state index in [1.807, 2.05) is 26.8 Å². The average Bonchev–Trinajstić information content (AvgIpc) is 3.17. The molecule has 0 aromatic carbocycles. The molecule has 0 saturated heterocycles. The number of hydrogen-bond donors (Lipinski definition) is 0. The van der Waals surface area contributed by atoms with Crippen molar-refractivity contribution in [3.05, 3.63) is 46.8 Å². The number of nitrogens with zero attached hydrogens (tertiary/aromatic N) is 5. The highest BCUT2D eigenvalue weighted by Crippen LogP contribution is 2.16. The van der Waals surface area contributed by atoms with Gasteiger partial charge in [0.15, 0.2) is 6.61 Å². The second-order valence-corrected chi connectivity index (χ2v) is 6.17. The summed E-state index contributed by atoms with van der Waals surface area (Å²) in [4.78, 5) is 32.7. The van der Waals surface area contributed by atoms with E-state index < -0.39 is 5.97 Å². The van der Waals surface area contributed by atoms with Crippen molar-refractivity contribution >= 4 is 17.5 Å². The Hall–Kier alpha value is -3.03. The van der Waals surface area contributed by atoms with Crippen molar-refractivity contribution in [2.24, 2.45) is 0 Å². The highest BCUT2D eigenvalue weighted by atomic mass is 16.5. The van der Waals surface area contributed by atoms with E-state index in [9.17, 15) is 9.59 Å². The molecule has 136 valence electrons. The van der Waals surface area contributed by atoms with Gasteiger partial charge in [-0.05, 0) is 39.3 Å². The zero-order chi connectivity index (χ0) is 18.8. The molecule has 0 unspecified atom stereocenters. The highest BCUT2D eigenvalue weighted by molar-refractivity contribution is 6.00. The van der Waals surface area contributed by atoms with Crippen molar-refractivity contribution < 1.29 is 14.3 Å². The quantitative estimate of drug-likeness (QED) is 0.498.